The first-order valence-corrected chi connectivity index (χ1v) is 10.5. The molecule has 0 aliphatic carbocycles. The van der Waals surface area contributed by atoms with Gasteiger partial charge in [0.25, 0.3) is 0 Å². The van der Waals surface area contributed by atoms with Crippen molar-refractivity contribution in [1.82, 2.24) is 0 Å². The summed E-state index contributed by atoms with van der Waals surface area (Å²) in [4.78, 5) is 13.5. The SMILES string of the molecule is CCOC(=O)C1=CSC(=C2C(=S)C(C)(C)Nc3ccc(OCC)cc32)S1. The normalized spacial score (nSPS) is 20.9. The Hall–Kier alpha value is -1.44. The Bertz CT molecular complexity index is 827. The highest BCUT2D eigenvalue weighted by Gasteiger charge is 2.37. The van der Waals surface area contributed by atoms with E-state index in [-0.39, 0.29) is 11.5 Å². The van der Waals surface area contributed by atoms with E-state index in [1.807, 2.05) is 30.5 Å². The topological polar surface area (TPSA) is 47.6 Å². The van der Waals surface area contributed by atoms with Crippen LogP contribution in [0.2, 0.25) is 0 Å². The molecule has 0 unspecified atom stereocenters. The minimum absolute atomic E-state index is 0.289. The number of carbonyl (C=O) groups is 1. The second-order valence-corrected chi connectivity index (χ2v) is 8.90. The Labute approximate surface area is 167 Å². The van der Waals surface area contributed by atoms with Crippen LogP contribution in [-0.4, -0.2) is 29.6 Å². The Balaban J connectivity index is 2.05. The zero-order valence-corrected chi connectivity index (χ0v) is 17.6. The van der Waals surface area contributed by atoms with Crippen molar-refractivity contribution >= 4 is 57.8 Å². The first-order valence-electron chi connectivity index (χ1n) is 8.43. The van der Waals surface area contributed by atoms with Crippen LogP contribution in [0.25, 0.3) is 5.57 Å². The number of nitrogens with one attached hydrogen (secondary N) is 1. The van der Waals surface area contributed by atoms with E-state index in [2.05, 4.69) is 19.2 Å². The smallest absolute Gasteiger partial charge is 0.345 e. The van der Waals surface area contributed by atoms with Gasteiger partial charge in [0.05, 0.1) is 23.0 Å². The third-order valence-corrected chi connectivity index (χ3v) is 7.04. The summed E-state index contributed by atoms with van der Waals surface area (Å²) in [6.07, 6.45) is 0. The molecule has 0 bridgehead atoms. The fraction of sp³-hybridized carbons (Fsp3) is 0.368. The molecule has 0 fully saturated rings. The lowest BCUT2D eigenvalue weighted by molar-refractivity contribution is -0.137. The van der Waals surface area contributed by atoms with Gasteiger partial charge in [0.15, 0.2) is 0 Å². The van der Waals surface area contributed by atoms with Crippen molar-refractivity contribution < 1.29 is 14.3 Å². The summed E-state index contributed by atoms with van der Waals surface area (Å²) in [5, 5.41) is 5.35. The largest absolute Gasteiger partial charge is 0.494 e. The van der Waals surface area contributed by atoms with E-state index < -0.39 is 0 Å². The molecule has 1 aromatic carbocycles. The third kappa shape index (κ3) is 3.66. The molecule has 0 atom stereocenters. The van der Waals surface area contributed by atoms with Crippen LogP contribution in [0.1, 0.15) is 33.3 Å². The predicted molar refractivity (Wildman–Crippen MR) is 115 cm³/mol. The molecule has 2 aliphatic heterocycles. The van der Waals surface area contributed by atoms with Crippen LogP contribution in [-0.2, 0) is 9.53 Å². The van der Waals surface area contributed by atoms with Gasteiger partial charge in [-0.25, -0.2) is 4.79 Å². The molecule has 1 aromatic rings. The second-order valence-electron chi connectivity index (χ2n) is 6.30. The molecule has 138 valence electrons. The first-order chi connectivity index (χ1) is 12.4. The first kappa shape index (κ1) is 19.3. The number of anilines is 1. The van der Waals surface area contributed by atoms with Gasteiger partial charge in [0.2, 0.25) is 0 Å². The van der Waals surface area contributed by atoms with Crippen LogP contribution < -0.4 is 10.1 Å². The predicted octanol–water partition coefficient (Wildman–Crippen LogP) is 5.21. The highest BCUT2D eigenvalue weighted by atomic mass is 32.2. The number of rotatable bonds is 4. The quantitative estimate of drug-likeness (QED) is 0.417. The molecule has 0 amide bonds. The summed E-state index contributed by atoms with van der Waals surface area (Å²) in [7, 11) is 0. The van der Waals surface area contributed by atoms with Crippen molar-refractivity contribution in [3.05, 3.63) is 38.3 Å². The maximum atomic E-state index is 12.1. The van der Waals surface area contributed by atoms with Gasteiger partial charge in [0.1, 0.15) is 10.7 Å². The molecule has 0 saturated heterocycles. The zero-order chi connectivity index (χ0) is 18.9. The number of hydrogen-bond acceptors (Lipinski definition) is 7. The number of esters is 1. The van der Waals surface area contributed by atoms with E-state index in [9.17, 15) is 4.79 Å². The summed E-state index contributed by atoms with van der Waals surface area (Å²) in [6.45, 7) is 8.87. The average Bonchev–Trinajstić information content (AvgIpc) is 3.06. The highest BCUT2D eigenvalue weighted by Crippen LogP contribution is 2.51. The Kier molecular flexibility index (Phi) is 5.69. The molecular weight excluding hydrogens is 386 g/mol. The van der Waals surface area contributed by atoms with Gasteiger partial charge in [0, 0.05) is 21.7 Å². The van der Waals surface area contributed by atoms with Gasteiger partial charge < -0.3 is 14.8 Å². The summed E-state index contributed by atoms with van der Waals surface area (Å²) in [5.41, 5.74) is 2.66. The van der Waals surface area contributed by atoms with Crippen molar-refractivity contribution in [3.8, 4) is 5.75 Å². The average molecular weight is 408 g/mol. The van der Waals surface area contributed by atoms with E-state index in [0.29, 0.717) is 18.1 Å². The fourth-order valence-electron chi connectivity index (χ4n) is 2.78. The van der Waals surface area contributed by atoms with Crippen molar-refractivity contribution in [2.75, 3.05) is 18.5 Å². The standard InChI is InChI=1S/C19H21NO3S3/c1-5-22-11-7-8-13-12(9-11)15(16(24)19(3,4)20-13)18-25-10-14(26-18)17(21)23-6-2/h7-10,20H,5-6H2,1-4H3. The summed E-state index contributed by atoms with van der Waals surface area (Å²) < 4.78 is 11.8. The molecule has 7 heteroatoms. The molecular formula is C19H21NO3S3. The molecule has 4 nitrogen and oxygen atoms in total. The summed E-state index contributed by atoms with van der Waals surface area (Å²) >= 11 is 8.76. The maximum Gasteiger partial charge on any atom is 0.345 e. The fourth-order valence-corrected chi connectivity index (χ4v) is 5.41. The van der Waals surface area contributed by atoms with Crippen LogP contribution >= 0.6 is 35.7 Å². The highest BCUT2D eigenvalue weighted by molar-refractivity contribution is 8.28. The van der Waals surface area contributed by atoms with E-state index in [1.165, 1.54) is 23.5 Å². The monoisotopic (exact) mass is 407 g/mol. The summed E-state index contributed by atoms with van der Waals surface area (Å²) in [6, 6.07) is 5.99. The van der Waals surface area contributed by atoms with Crippen LogP contribution in [0.3, 0.4) is 0 Å². The number of thioether (sulfide) groups is 2. The number of benzene rings is 1. The number of carbonyl (C=O) groups excluding carboxylic acids is 1. The van der Waals surface area contributed by atoms with Gasteiger partial charge in [-0.1, -0.05) is 35.7 Å². The molecule has 0 radical (unpaired) electrons. The second kappa shape index (κ2) is 7.66. The lowest BCUT2D eigenvalue weighted by atomic mass is 9.85. The van der Waals surface area contributed by atoms with E-state index in [0.717, 1.165) is 31.7 Å². The molecule has 26 heavy (non-hydrogen) atoms. The number of fused-ring (bicyclic) bond motifs is 1. The Morgan fingerprint density at radius 2 is 2.04 bits per heavy atom. The van der Waals surface area contributed by atoms with Crippen LogP contribution in [0.4, 0.5) is 5.69 Å². The molecule has 0 spiro atoms. The third-order valence-electron chi connectivity index (χ3n) is 3.97. The molecule has 0 aromatic heterocycles. The van der Waals surface area contributed by atoms with E-state index in [4.69, 9.17) is 21.7 Å². The Morgan fingerprint density at radius 3 is 2.73 bits per heavy atom. The van der Waals surface area contributed by atoms with Gasteiger partial charge >= 0.3 is 5.97 Å². The molecule has 1 N–H and O–H groups in total. The van der Waals surface area contributed by atoms with Gasteiger partial charge in [-0.15, -0.1) is 0 Å². The zero-order valence-electron chi connectivity index (χ0n) is 15.2. The van der Waals surface area contributed by atoms with Crippen LogP contribution in [0.5, 0.6) is 5.75 Å². The maximum absolute atomic E-state index is 12.1. The molecule has 3 rings (SSSR count). The molecule has 2 heterocycles. The van der Waals surface area contributed by atoms with Gasteiger partial charge in [-0.3, -0.25) is 0 Å². The van der Waals surface area contributed by atoms with Crippen molar-refractivity contribution in [3.63, 3.8) is 0 Å². The minimum atomic E-state index is -0.356. The van der Waals surface area contributed by atoms with Crippen LogP contribution in [0, 0.1) is 0 Å². The van der Waals surface area contributed by atoms with E-state index >= 15 is 0 Å². The molecule has 2 aliphatic rings. The number of ether oxygens (including phenoxy) is 2. The van der Waals surface area contributed by atoms with Gasteiger partial charge in [-0.05, 0) is 51.3 Å². The van der Waals surface area contributed by atoms with Crippen molar-refractivity contribution in [1.29, 1.82) is 0 Å². The number of thiocarbonyl (C=S) groups is 1. The van der Waals surface area contributed by atoms with Crippen molar-refractivity contribution in [2.45, 2.75) is 33.2 Å². The van der Waals surface area contributed by atoms with Crippen LogP contribution in [0.15, 0.2) is 32.7 Å². The lowest BCUT2D eigenvalue weighted by Gasteiger charge is -2.37. The molecule has 0 saturated carbocycles. The Morgan fingerprint density at radius 1 is 1.27 bits per heavy atom. The summed E-state index contributed by atoms with van der Waals surface area (Å²) in [5.74, 6) is 0.517. The number of hydrogen-bond donors (Lipinski definition) is 1. The minimum Gasteiger partial charge on any atom is -0.494 e. The van der Waals surface area contributed by atoms with E-state index in [1.54, 1.807) is 6.92 Å². The lowest BCUT2D eigenvalue weighted by Crippen LogP contribution is -2.43. The van der Waals surface area contributed by atoms with Gasteiger partial charge in [-0.2, -0.15) is 0 Å². The van der Waals surface area contributed by atoms with Crippen molar-refractivity contribution in [2.24, 2.45) is 0 Å².